The number of sulfonamides is 1. The molecule has 1 saturated heterocycles. The number of carbonyl (C=O) groups excluding carboxylic acids is 1. The molecule has 2 N–H and O–H groups in total. The number of rotatable bonds is 8. The van der Waals surface area contributed by atoms with Crippen LogP contribution in [-0.2, 0) is 14.8 Å². The summed E-state index contributed by atoms with van der Waals surface area (Å²) in [7, 11) is -0.687. The fourth-order valence-corrected chi connectivity index (χ4v) is 5.71. The number of hydrogen-bond donors (Lipinski definition) is 2. The summed E-state index contributed by atoms with van der Waals surface area (Å²) in [5, 5.41) is 3.90. The number of esters is 1. The molecule has 1 fully saturated rings. The minimum atomic E-state index is -3.51. The predicted octanol–water partition coefficient (Wildman–Crippen LogP) is 4.22. The van der Waals surface area contributed by atoms with Gasteiger partial charge in [0.1, 0.15) is 11.8 Å². The number of hydrogen-bond acceptors (Lipinski definition) is 7. The van der Waals surface area contributed by atoms with Gasteiger partial charge in [-0.15, -0.1) is 0 Å². The standard InChI is InChI=1S/C28H27N5O5S2/c1-37-24-17-20(13-14-21(24)31-40(3,35)36)33-26(25(30-28(33)39)22-7-4-5-15-29-22)23-8-6-16-32(23)19-11-9-18(10-12-19)27(34)38-2/h4-17,25-26,31H,1-3H3,(H,30,39)/t25-,26-/m0/s1. The Hall–Kier alpha value is -4.42. The summed E-state index contributed by atoms with van der Waals surface area (Å²) in [4.78, 5) is 18.5. The number of anilines is 2. The Balaban J connectivity index is 1.62. The van der Waals surface area contributed by atoms with E-state index in [1.807, 2.05) is 58.1 Å². The molecule has 0 amide bonds. The van der Waals surface area contributed by atoms with Crippen molar-refractivity contribution in [1.29, 1.82) is 0 Å². The van der Waals surface area contributed by atoms with Crippen LogP contribution in [0, 0.1) is 0 Å². The molecule has 0 unspecified atom stereocenters. The van der Waals surface area contributed by atoms with E-state index in [0.29, 0.717) is 27.8 Å². The van der Waals surface area contributed by atoms with Crippen molar-refractivity contribution in [2.45, 2.75) is 12.1 Å². The van der Waals surface area contributed by atoms with Gasteiger partial charge in [-0.3, -0.25) is 9.71 Å². The molecule has 10 nitrogen and oxygen atoms in total. The second kappa shape index (κ2) is 11.0. The molecule has 2 atom stereocenters. The Morgan fingerprint density at radius 2 is 1.77 bits per heavy atom. The van der Waals surface area contributed by atoms with Gasteiger partial charge in [0.2, 0.25) is 10.0 Å². The molecule has 0 radical (unpaired) electrons. The zero-order valence-electron chi connectivity index (χ0n) is 21.9. The lowest BCUT2D eigenvalue weighted by Gasteiger charge is -2.29. The largest absolute Gasteiger partial charge is 0.494 e. The van der Waals surface area contributed by atoms with E-state index >= 15 is 0 Å². The van der Waals surface area contributed by atoms with Gasteiger partial charge in [-0.05, 0) is 72.9 Å². The zero-order valence-corrected chi connectivity index (χ0v) is 23.6. The Morgan fingerprint density at radius 3 is 2.42 bits per heavy atom. The molecule has 0 bridgehead atoms. The second-order valence-corrected chi connectivity index (χ2v) is 11.2. The molecular weight excluding hydrogens is 550 g/mol. The third-order valence-electron chi connectivity index (χ3n) is 6.51. The van der Waals surface area contributed by atoms with Gasteiger partial charge in [0.15, 0.2) is 5.11 Å². The minimum Gasteiger partial charge on any atom is -0.494 e. The SMILES string of the molecule is COC(=O)c1ccc(-n2cccc2[C@H]2[C@H](c3ccccn3)NC(=S)N2c2ccc(NS(C)(=O)=O)c(OC)c2)cc1. The van der Waals surface area contributed by atoms with Crippen LogP contribution in [0.4, 0.5) is 11.4 Å². The number of benzene rings is 2. The van der Waals surface area contributed by atoms with Crippen LogP contribution in [0.3, 0.4) is 0 Å². The van der Waals surface area contributed by atoms with Crippen molar-refractivity contribution in [3.63, 3.8) is 0 Å². The summed E-state index contributed by atoms with van der Waals surface area (Å²) in [5.74, 6) is -0.0617. The number of aromatic nitrogens is 2. The van der Waals surface area contributed by atoms with E-state index < -0.39 is 16.0 Å². The van der Waals surface area contributed by atoms with E-state index in [4.69, 9.17) is 21.7 Å². The molecule has 206 valence electrons. The highest BCUT2D eigenvalue weighted by Crippen LogP contribution is 2.44. The molecule has 0 aliphatic carbocycles. The minimum absolute atomic E-state index is 0.309. The summed E-state index contributed by atoms with van der Waals surface area (Å²) < 4.78 is 38.6. The molecule has 0 saturated carbocycles. The Morgan fingerprint density at radius 1 is 1.02 bits per heavy atom. The highest BCUT2D eigenvalue weighted by Gasteiger charge is 2.42. The summed E-state index contributed by atoms with van der Waals surface area (Å²) in [6, 6.07) is 21.3. The number of nitrogens with one attached hydrogen (secondary N) is 2. The molecule has 1 aliphatic heterocycles. The van der Waals surface area contributed by atoms with Crippen molar-refractivity contribution >= 4 is 44.7 Å². The van der Waals surface area contributed by atoms with E-state index in [-0.39, 0.29) is 12.1 Å². The number of nitrogens with zero attached hydrogens (tertiary/aromatic N) is 3. The molecule has 0 spiro atoms. The normalized spacial score (nSPS) is 16.9. The number of methoxy groups -OCH3 is 2. The first-order valence-electron chi connectivity index (χ1n) is 12.2. The average Bonchev–Trinajstić information content (AvgIpc) is 3.57. The zero-order chi connectivity index (χ0) is 28.4. The molecule has 1 aliphatic rings. The fourth-order valence-electron chi connectivity index (χ4n) is 4.79. The maximum absolute atomic E-state index is 12.0. The Labute approximate surface area is 237 Å². The van der Waals surface area contributed by atoms with Crippen molar-refractivity contribution < 1.29 is 22.7 Å². The maximum atomic E-state index is 12.0. The van der Waals surface area contributed by atoms with Crippen LogP contribution in [0.15, 0.2) is 85.2 Å². The molecule has 5 rings (SSSR count). The molecule has 40 heavy (non-hydrogen) atoms. The van der Waals surface area contributed by atoms with E-state index in [0.717, 1.165) is 23.3 Å². The van der Waals surface area contributed by atoms with Crippen molar-refractivity contribution in [2.75, 3.05) is 30.1 Å². The van der Waals surface area contributed by atoms with E-state index in [1.165, 1.54) is 14.2 Å². The third-order valence-corrected chi connectivity index (χ3v) is 7.41. The maximum Gasteiger partial charge on any atom is 0.337 e. The van der Waals surface area contributed by atoms with Gasteiger partial charge in [0.05, 0.1) is 43.5 Å². The van der Waals surface area contributed by atoms with E-state index in [1.54, 1.807) is 36.5 Å². The molecule has 2 aromatic carbocycles. The number of thiocarbonyl (C=S) groups is 1. The molecule has 4 aromatic rings. The molecule has 2 aromatic heterocycles. The first-order valence-corrected chi connectivity index (χ1v) is 14.5. The van der Waals surface area contributed by atoms with Crippen molar-refractivity contribution in [3.8, 4) is 11.4 Å². The van der Waals surface area contributed by atoms with Crippen molar-refractivity contribution in [2.24, 2.45) is 0 Å². The summed E-state index contributed by atoms with van der Waals surface area (Å²) in [6.07, 6.45) is 4.76. The predicted molar refractivity (Wildman–Crippen MR) is 157 cm³/mol. The van der Waals surface area contributed by atoms with E-state index in [9.17, 15) is 13.2 Å². The van der Waals surface area contributed by atoms with Crippen LogP contribution < -0.4 is 19.7 Å². The van der Waals surface area contributed by atoms with Crippen LogP contribution in [-0.4, -0.2) is 49.5 Å². The van der Waals surface area contributed by atoms with Crippen LogP contribution in [0.1, 0.15) is 33.8 Å². The topological polar surface area (TPSA) is 115 Å². The van der Waals surface area contributed by atoms with Gasteiger partial charge >= 0.3 is 5.97 Å². The third kappa shape index (κ3) is 5.36. The fraction of sp³-hybridized carbons (Fsp3) is 0.179. The number of ether oxygens (including phenoxy) is 2. The number of carbonyl (C=O) groups is 1. The van der Waals surface area contributed by atoms with Crippen LogP contribution >= 0.6 is 12.2 Å². The van der Waals surface area contributed by atoms with Crippen LogP contribution in [0.25, 0.3) is 5.69 Å². The van der Waals surface area contributed by atoms with Gasteiger partial charge in [-0.2, -0.15) is 0 Å². The second-order valence-electron chi connectivity index (χ2n) is 9.10. The average molecular weight is 578 g/mol. The van der Waals surface area contributed by atoms with Gasteiger partial charge < -0.3 is 24.3 Å². The number of pyridine rings is 1. The van der Waals surface area contributed by atoms with Gasteiger partial charge in [-0.1, -0.05) is 6.07 Å². The van der Waals surface area contributed by atoms with Gasteiger partial charge in [0.25, 0.3) is 0 Å². The Kier molecular flexibility index (Phi) is 7.46. The lowest BCUT2D eigenvalue weighted by atomic mass is 10.0. The quantitative estimate of drug-likeness (QED) is 0.235. The highest BCUT2D eigenvalue weighted by molar-refractivity contribution is 7.92. The highest BCUT2D eigenvalue weighted by atomic mass is 32.2. The lowest BCUT2D eigenvalue weighted by molar-refractivity contribution is 0.0600. The summed E-state index contributed by atoms with van der Waals surface area (Å²) >= 11 is 5.84. The summed E-state index contributed by atoms with van der Waals surface area (Å²) in [5.41, 5.74) is 4.02. The Bertz CT molecular complexity index is 1660. The van der Waals surface area contributed by atoms with Crippen molar-refractivity contribution in [3.05, 3.63) is 102 Å². The molecule has 12 heteroatoms. The molecule has 3 heterocycles. The first-order chi connectivity index (χ1) is 19.2. The van der Waals surface area contributed by atoms with E-state index in [2.05, 4.69) is 15.0 Å². The van der Waals surface area contributed by atoms with Crippen LogP contribution in [0.2, 0.25) is 0 Å². The van der Waals surface area contributed by atoms with Crippen LogP contribution in [0.5, 0.6) is 5.75 Å². The summed E-state index contributed by atoms with van der Waals surface area (Å²) in [6.45, 7) is 0. The van der Waals surface area contributed by atoms with Gasteiger partial charge in [-0.25, -0.2) is 13.2 Å². The smallest absolute Gasteiger partial charge is 0.337 e. The lowest BCUT2D eigenvalue weighted by Crippen LogP contribution is -2.30. The monoisotopic (exact) mass is 577 g/mol. The van der Waals surface area contributed by atoms with Crippen molar-refractivity contribution in [1.82, 2.24) is 14.9 Å². The van der Waals surface area contributed by atoms with Gasteiger partial charge in [0, 0.05) is 35.5 Å². The first kappa shape index (κ1) is 27.2. The molecular formula is C28H27N5O5S2.